The molecule has 0 radical (unpaired) electrons. The van der Waals surface area contributed by atoms with E-state index >= 15 is 0 Å². The van der Waals surface area contributed by atoms with Crippen molar-refractivity contribution < 1.29 is 4.79 Å². The predicted octanol–water partition coefficient (Wildman–Crippen LogP) is 2.64. The zero-order valence-corrected chi connectivity index (χ0v) is 12.9. The highest BCUT2D eigenvalue weighted by Crippen LogP contribution is 2.31. The summed E-state index contributed by atoms with van der Waals surface area (Å²) in [6.45, 7) is 14.3. The van der Waals surface area contributed by atoms with Crippen molar-refractivity contribution in [3.05, 3.63) is 0 Å². The molecule has 3 heteroatoms. The molecule has 0 spiro atoms. The van der Waals surface area contributed by atoms with E-state index < -0.39 is 0 Å². The highest BCUT2D eigenvalue weighted by molar-refractivity contribution is 5.81. The van der Waals surface area contributed by atoms with Crippen LogP contribution in [0.25, 0.3) is 0 Å². The number of likely N-dealkylation sites (tertiary alicyclic amines) is 1. The number of nitrogens with zero attached hydrogens (tertiary/aromatic N) is 1. The fourth-order valence-corrected chi connectivity index (χ4v) is 2.90. The van der Waals surface area contributed by atoms with Crippen molar-refractivity contribution in [1.82, 2.24) is 4.90 Å². The van der Waals surface area contributed by atoms with E-state index in [0.717, 1.165) is 25.9 Å². The van der Waals surface area contributed by atoms with Crippen LogP contribution in [0.2, 0.25) is 0 Å². The van der Waals surface area contributed by atoms with Gasteiger partial charge >= 0.3 is 0 Å². The lowest BCUT2D eigenvalue weighted by Gasteiger charge is -2.41. The first-order valence-electron chi connectivity index (χ1n) is 7.04. The van der Waals surface area contributed by atoms with Crippen molar-refractivity contribution >= 4 is 5.91 Å². The first-order chi connectivity index (χ1) is 7.99. The molecule has 0 saturated carbocycles. The van der Waals surface area contributed by atoms with E-state index in [4.69, 9.17) is 5.73 Å². The summed E-state index contributed by atoms with van der Waals surface area (Å²) in [4.78, 5) is 14.3. The summed E-state index contributed by atoms with van der Waals surface area (Å²) >= 11 is 0. The number of hydrogen-bond acceptors (Lipinski definition) is 2. The molecule has 3 nitrogen and oxygen atoms in total. The Kier molecular flexibility index (Phi) is 4.47. The number of hydrogen-bond donors (Lipinski definition) is 1. The number of amides is 1. The van der Waals surface area contributed by atoms with Gasteiger partial charge in [0, 0.05) is 24.5 Å². The summed E-state index contributed by atoms with van der Waals surface area (Å²) in [5.41, 5.74) is 6.12. The molecule has 2 N–H and O–H groups in total. The minimum Gasteiger partial charge on any atom is -0.340 e. The molecule has 1 saturated heterocycles. The largest absolute Gasteiger partial charge is 0.340 e. The second-order valence-electron chi connectivity index (χ2n) is 8.09. The Morgan fingerprint density at radius 2 is 1.72 bits per heavy atom. The lowest BCUT2D eigenvalue weighted by Crippen LogP contribution is -2.52. The molecule has 0 aromatic rings. The summed E-state index contributed by atoms with van der Waals surface area (Å²) in [5.74, 6) is 0.775. The maximum atomic E-state index is 12.3. The van der Waals surface area contributed by atoms with Gasteiger partial charge in [0.05, 0.1) is 0 Å². The van der Waals surface area contributed by atoms with Crippen LogP contribution in [0.4, 0.5) is 0 Å². The van der Waals surface area contributed by atoms with Crippen molar-refractivity contribution in [3.8, 4) is 0 Å². The first kappa shape index (κ1) is 15.5. The molecular weight excluding hydrogens is 224 g/mol. The van der Waals surface area contributed by atoms with Crippen LogP contribution in [-0.2, 0) is 4.79 Å². The molecule has 0 bridgehead atoms. The molecule has 1 rings (SSSR count). The number of carbonyl (C=O) groups is 1. The van der Waals surface area contributed by atoms with Crippen LogP contribution in [0.5, 0.6) is 0 Å². The molecular formula is C15H30N2O. The van der Waals surface area contributed by atoms with Gasteiger partial charge in [-0.1, -0.05) is 41.5 Å². The van der Waals surface area contributed by atoms with E-state index in [9.17, 15) is 4.79 Å². The Bertz CT molecular complexity index is 299. The van der Waals surface area contributed by atoms with Crippen molar-refractivity contribution in [2.24, 2.45) is 22.5 Å². The van der Waals surface area contributed by atoms with Crippen molar-refractivity contribution in [1.29, 1.82) is 0 Å². The standard InChI is InChI=1S/C15H30N2O/c1-14(2,3)8-11-7-12(16)10-17(9-11)13(18)15(4,5)6/h11-12H,7-10,16H2,1-6H3. The van der Waals surface area contributed by atoms with E-state index in [1.807, 2.05) is 25.7 Å². The highest BCUT2D eigenvalue weighted by atomic mass is 16.2. The fourth-order valence-electron chi connectivity index (χ4n) is 2.90. The van der Waals surface area contributed by atoms with Gasteiger partial charge in [0.1, 0.15) is 0 Å². The molecule has 1 amide bonds. The van der Waals surface area contributed by atoms with Gasteiger partial charge in [0.25, 0.3) is 0 Å². The van der Waals surface area contributed by atoms with Crippen LogP contribution in [0, 0.1) is 16.7 Å². The van der Waals surface area contributed by atoms with Gasteiger partial charge in [-0.3, -0.25) is 4.79 Å². The molecule has 0 aromatic heterocycles. The fraction of sp³-hybridized carbons (Fsp3) is 0.933. The Hall–Kier alpha value is -0.570. The van der Waals surface area contributed by atoms with E-state index in [1.54, 1.807) is 0 Å². The van der Waals surface area contributed by atoms with E-state index in [1.165, 1.54) is 0 Å². The molecule has 106 valence electrons. The van der Waals surface area contributed by atoms with Crippen LogP contribution in [0.15, 0.2) is 0 Å². The van der Waals surface area contributed by atoms with E-state index in [2.05, 4.69) is 20.8 Å². The molecule has 18 heavy (non-hydrogen) atoms. The lowest BCUT2D eigenvalue weighted by atomic mass is 9.79. The molecule has 0 aromatic carbocycles. The number of rotatable bonds is 1. The topological polar surface area (TPSA) is 46.3 Å². The molecule has 1 fully saturated rings. The summed E-state index contributed by atoms with van der Waals surface area (Å²) in [6.07, 6.45) is 2.18. The van der Waals surface area contributed by atoms with Crippen LogP contribution in [0.3, 0.4) is 0 Å². The van der Waals surface area contributed by atoms with Gasteiger partial charge in [-0.2, -0.15) is 0 Å². The highest BCUT2D eigenvalue weighted by Gasteiger charge is 2.34. The minimum atomic E-state index is -0.302. The maximum Gasteiger partial charge on any atom is 0.228 e. The van der Waals surface area contributed by atoms with Gasteiger partial charge in [0.15, 0.2) is 0 Å². The number of carbonyl (C=O) groups excluding carboxylic acids is 1. The minimum absolute atomic E-state index is 0.136. The summed E-state index contributed by atoms with van der Waals surface area (Å²) < 4.78 is 0. The van der Waals surface area contributed by atoms with Crippen LogP contribution < -0.4 is 5.73 Å². The summed E-state index contributed by atoms with van der Waals surface area (Å²) in [5, 5.41) is 0. The molecule has 2 atom stereocenters. The first-order valence-corrected chi connectivity index (χ1v) is 7.04. The Labute approximate surface area is 112 Å². The smallest absolute Gasteiger partial charge is 0.228 e. The Morgan fingerprint density at radius 3 is 2.17 bits per heavy atom. The van der Waals surface area contributed by atoms with Gasteiger partial charge < -0.3 is 10.6 Å². The zero-order valence-electron chi connectivity index (χ0n) is 12.9. The van der Waals surface area contributed by atoms with Gasteiger partial charge in [-0.15, -0.1) is 0 Å². The zero-order chi connectivity index (χ0) is 14.1. The molecule has 2 unspecified atom stereocenters. The van der Waals surface area contributed by atoms with Gasteiger partial charge in [-0.25, -0.2) is 0 Å². The van der Waals surface area contributed by atoms with E-state index in [0.29, 0.717) is 11.3 Å². The normalized spacial score (nSPS) is 26.3. The molecule has 1 aliphatic rings. The third-order valence-electron chi connectivity index (χ3n) is 3.40. The molecule has 1 aliphatic heterocycles. The number of nitrogens with two attached hydrogens (primary N) is 1. The molecule has 1 heterocycles. The predicted molar refractivity (Wildman–Crippen MR) is 76.2 cm³/mol. The third-order valence-corrected chi connectivity index (χ3v) is 3.40. The summed E-state index contributed by atoms with van der Waals surface area (Å²) in [7, 11) is 0. The molecule has 0 aliphatic carbocycles. The van der Waals surface area contributed by atoms with Crippen LogP contribution in [0.1, 0.15) is 54.4 Å². The van der Waals surface area contributed by atoms with E-state index in [-0.39, 0.29) is 17.4 Å². The Morgan fingerprint density at radius 1 is 1.17 bits per heavy atom. The third kappa shape index (κ3) is 4.60. The van der Waals surface area contributed by atoms with Crippen LogP contribution in [-0.4, -0.2) is 29.9 Å². The average molecular weight is 254 g/mol. The summed E-state index contributed by atoms with van der Waals surface area (Å²) in [6, 6.07) is 0.136. The van der Waals surface area contributed by atoms with Crippen LogP contribution >= 0.6 is 0 Å². The monoisotopic (exact) mass is 254 g/mol. The van der Waals surface area contributed by atoms with Crippen molar-refractivity contribution in [3.63, 3.8) is 0 Å². The van der Waals surface area contributed by atoms with Crippen molar-refractivity contribution in [2.45, 2.75) is 60.4 Å². The Balaban J connectivity index is 2.70. The second kappa shape index (κ2) is 5.20. The maximum absolute atomic E-state index is 12.3. The SMILES string of the molecule is CC(C)(C)CC1CC(N)CN(C(=O)C(C)(C)C)C1. The number of piperidine rings is 1. The van der Waals surface area contributed by atoms with Gasteiger partial charge in [0.2, 0.25) is 5.91 Å². The lowest BCUT2D eigenvalue weighted by molar-refractivity contribution is -0.142. The average Bonchev–Trinajstić information content (AvgIpc) is 2.11. The van der Waals surface area contributed by atoms with Gasteiger partial charge in [-0.05, 0) is 24.2 Å². The second-order valence-corrected chi connectivity index (χ2v) is 8.09. The van der Waals surface area contributed by atoms with Crippen molar-refractivity contribution in [2.75, 3.05) is 13.1 Å². The quantitative estimate of drug-likeness (QED) is 0.782.